The molecule has 2 aromatic rings. The summed E-state index contributed by atoms with van der Waals surface area (Å²) in [5, 5.41) is 7.36. The molecule has 2 rings (SSSR count). The van der Waals surface area contributed by atoms with Gasteiger partial charge in [0.15, 0.2) is 0 Å². The van der Waals surface area contributed by atoms with Gasteiger partial charge in [0, 0.05) is 26.6 Å². The summed E-state index contributed by atoms with van der Waals surface area (Å²) in [4.78, 5) is 0. The van der Waals surface area contributed by atoms with Crippen LogP contribution in [-0.4, -0.2) is 36.5 Å². The molecule has 0 saturated carbocycles. The van der Waals surface area contributed by atoms with Gasteiger partial charge in [0.1, 0.15) is 6.26 Å². The van der Waals surface area contributed by atoms with Crippen molar-refractivity contribution in [1.29, 1.82) is 0 Å². The molecule has 0 aliphatic carbocycles. The van der Waals surface area contributed by atoms with Crippen molar-refractivity contribution >= 4 is 10.0 Å². The molecule has 2 heterocycles. The monoisotopic (exact) mass is 285 g/mol. The summed E-state index contributed by atoms with van der Waals surface area (Å²) in [7, 11) is -2.09. The smallest absolute Gasteiger partial charge is 0.276 e. The van der Waals surface area contributed by atoms with Gasteiger partial charge in [0.2, 0.25) is 11.0 Å². The molecule has 0 spiro atoms. The highest BCUT2D eigenvalue weighted by atomic mass is 32.2. The molecule has 0 aliphatic heterocycles. The zero-order valence-electron chi connectivity index (χ0n) is 11.0. The van der Waals surface area contributed by atoms with E-state index >= 15 is 0 Å². The zero-order chi connectivity index (χ0) is 14.0. The van der Waals surface area contributed by atoms with E-state index in [2.05, 4.69) is 10.2 Å². The molecule has 104 valence electrons. The Morgan fingerprint density at radius 1 is 1.37 bits per heavy atom. The molecular weight excluding hydrogens is 270 g/mol. The van der Waals surface area contributed by atoms with Crippen molar-refractivity contribution in [2.24, 2.45) is 0 Å². The maximum absolute atomic E-state index is 12.1. The topological polar surface area (TPSA) is 89.4 Å². The molecular formula is C11H15N3O4S. The SMILES string of the molecule is CCCN(C)S(=O)(=O)c1cc(-c2nnc(C)o2)co1. The number of furan rings is 1. The lowest BCUT2D eigenvalue weighted by Crippen LogP contribution is -2.27. The maximum Gasteiger partial charge on any atom is 0.276 e. The summed E-state index contributed by atoms with van der Waals surface area (Å²) in [5.74, 6) is 0.643. The number of hydrogen-bond acceptors (Lipinski definition) is 6. The van der Waals surface area contributed by atoms with Crippen LogP contribution >= 0.6 is 0 Å². The van der Waals surface area contributed by atoms with E-state index in [0.717, 1.165) is 6.42 Å². The van der Waals surface area contributed by atoms with Gasteiger partial charge in [0.05, 0.1) is 5.56 Å². The predicted octanol–water partition coefficient (Wildman–Crippen LogP) is 1.67. The van der Waals surface area contributed by atoms with E-state index in [4.69, 9.17) is 8.83 Å². The van der Waals surface area contributed by atoms with Crippen LogP contribution < -0.4 is 0 Å². The van der Waals surface area contributed by atoms with Crippen LogP contribution in [0.5, 0.6) is 0 Å². The van der Waals surface area contributed by atoms with Crippen molar-refractivity contribution < 1.29 is 17.3 Å². The van der Waals surface area contributed by atoms with Crippen molar-refractivity contribution in [2.75, 3.05) is 13.6 Å². The summed E-state index contributed by atoms with van der Waals surface area (Å²) in [6, 6.07) is 1.38. The van der Waals surface area contributed by atoms with Crippen LogP contribution in [0.4, 0.5) is 0 Å². The molecule has 0 saturated heterocycles. The van der Waals surface area contributed by atoms with E-state index in [1.807, 2.05) is 6.92 Å². The van der Waals surface area contributed by atoms with Gasteiger partial charge in [-0.05, 0) is 6.42 Å². The maximum atomic E-state index is 12.1. The van der Waals surface area contributed by atoms with Gasteiger partial charge in [-0.25, -0.2) is 8.42 Å². The normalized spacial score (nSPS) is 12.2. The fourth-order valence-corrected chi connectivity index (χ4v) is 2.74. The molecule has 0 aliphatic rings. The van der Waals surface area contributed by atoms with Gasteiger partial charge < -0.3 is 8.83 Å². The van der Waals surface area contributed by atoms with Crippen LogP contribution in [0.25, 0.3) is 11.5 Å². The Morgan fingerprint density at radius 2 is 2.11 bits per heavy atom. The van der Waals surface area contributed by atoms with Gasteiger partial charge >= 0.3 is 0 Å². The van der Waals surface area contributed by atoms with E-state index in [0.29, 0.717) is 18.0 Å². The summed E-state index contributed by atoms with van der Waals surface area (Å²) in [5.41, 5.74) is 0.448. The van der Waals surface area contributed by atoms with E-state index in [9.17, 15) is 8.42 Å². The Morgan fingerprint density at radius 3 is 2.68 bits per heavy atom. The molecule has 8 heteroatoms. The number of nitrogens with zero attached hydrogens (tertiary/aromatic N) is 3. The molecule has 0 aromatic carbocycles. The van der Waals surface area contributed by atoms with Crippen LogP contribution in [0.15, 0.2) is 26.3 Å². The highest BCUT2D eigenvalue weighted by Crippen LogP contribution is 2.25. The lowest BCUT2D eigenvalue weighted by molar-refractivity contribution is 0.409. The third-order valence-electron chi connectivity index (χ3n) is 2.55. The average Bonchev–Trinajstić information content (AvgIpc) is 2.97. The average molecular weight is 285 g/mol. The Labute approximate surface area is 111 Å². The van der Waals surface area contributed by atoms with E-state index < -0.39 is 10.0 Å². The summed E-state index contributed by atoms with van der Waals surface area (Å²) in [6.45, 7) is 3.99. The second-order valence-electron chi connectivity index (χ2n) is 4.11. The molecule has 0 radical (unpaired) electrons. The minimum Gasteiger partial charge on any atom is -0.451 e. The van der Waals surface area contributed by atoms with Gasteiger partial charge in [-0.3, -0.25) is 0 Å². The largest absolute Gasteiger partial charge is 0.451 e. The van der Waals surface area contributed by atoms with E-state index in [-0.39, 0.29) is 11.0 Å². The van der Waals surface area contributed by atoms with Crippen LogP contribution in [0, 0.1) is 6.92 Å². The van der Waals surface area contributed by atoms with E-state index in [1.165, 1.54) is 23.7 Å². The summed E-state index contributed by atoms with van der Waals surface area (Å²) < 4.78 is 35.8. The fraction of sp³-hybridized carbons (Fsp3) is 0.455. The van der Waals surface area contributed by atoms with E-state index in [1.54, 1.807) is 6.92 Å². The zero-order valence-corrected chi connectivity index (χ0v) is 11.8. The Hall–Kier alpha value is -1.67. The second-order valence-corrected chi connectivity index (χ2v) is 6.08. The molecule has 0 bridgehead atoms. The first-order chi connectivity index (χ1) is 8.95. The van der Waals surface area contributed by atoms with Crippen molar-refractivity contribution in [2.45, 2.75) is 25.4 Å². The third-order valence-corrected chi connectivity index (χ3v) is 4.28. The van der Waals surface area contributed by atoms with Crippen molar-refractivity contribution in [3.63, 3.8) is 0 Å². The molecule has 0 atom stereocenters. The minimum absolute atomic E-state index is 0.130. The second kappa shape index (κ2) is 5.14. The number of aromatic nitrogens is 2. The van der Waals surface area contributed by atoms with Crippen LogP contribution in [0.3, 0.4) is 0 Å². The first-order valence-corrected chi connectivity index (χ1v) is 7.24. The highest BCUT2D eigenvalue weighted by Gasteiger charge is 2.25. The minimum atomic E-state index is -3.60. The first-order valence-electron chi connectivity index (χ1n) is 5.80. The summed E-state index contributed by atoms with van der Waals surface area (Å²) >= 11 is 0. The molecule has 19 heavy (non-hydrogen) atoms. The fourth-order valence-electron chi connectivity index (χ4n) is 1.57. The number of aryl methyl sites for hydroxylation is 1. The van der Waals surface area contributed by atoms with Crippen molar-refractivity contribution in [3.05, 3.63) is 18.2 Å². The molecule has 0 unspecified atom stereocenters. The highest BCUT2D eigenvalue weighted by molar-refractivity contribution is 7.89. The predicted molar refractivity (Wildman–Crippen MR) is 66.8 cm³/mol. The summed E-state index contributed by atoms with van der Waals surface area (Å²) in [6.07, 6.45) is 2.02. The standard InChI is InChI=1S/C11H15N3O4S/c1-4-5-14(3)19(15,16)10-6-9(7-17-10)11-13-12-8(2)18-11/h6-7H,4-5H2,1-3H3. The molecule has 0 amide bonds. The van der Waals surface area contributed by atoms with Gasteiger partial charge in [-0.1, -0.05) is 6.92 Å². The lowest BCUT2D eigenvalue weighted by Gasteiger charge is -2.13. The van der Waals surface area contributed by atoms with Crippen molar-refractivity contribution in [3.8, 4) is 11.5 Å². The molecule has 7 nitrogen and oxygen atoms in total. The Balaban J connectivity index is 2.31. The first kappa shape index (κ1) is 13.8. The third kappa shape index (κ3) is 2.69. The lowest BCUT2D eigenvalue weighted by atomic mass is 10.3. The van der Waals surface area contributed by atoms with Gasteiger partial charge in [-0.2, -0.15) is 4.31 Å². The number of hydrogen-bond donors (Lipinski definition) is 0. The van der Waals surface area contributed by atoms with Gasteiger partial charge in [0.25, 0.3) is 15.9 Å². The Kier molecular flexibility index (Phi) is 3.72. The quantitative estimate of drug-likeness (QED) is 0.830. The number of sulfonamides is 1. The number of rotatable bonds is 5. The molecule has 0 fully saturated rings. The molecule has 0 N–H and O–H groups in total. The van der Waals surface area contributed by atoms with Gasteiger partial charge in [-0.15, -0.1) is 10.2 Å². The van der Waals surface area contributed by atoms with Crippen molar-refractivity contribution in [1.82, 2.24) is 14.5 Å². The van der Waals surface area contributed by atoms with Crippen LogP contribution in [0.1, 0.15) is 19.2 Å². The van der Waals surface area contributed by atoms with Crippen LogP contribution in [0.2, 0.25) is 0 Å². The molecule has 2 aromatic heterocycles. The Bertz CT molecular complexity index is 659. The van der Waals surface area contributed by atoms with Crippen LogP contribution in [-0.2, 0) is 10.0 Å².